The number of anilines is 1. The van der Waals surface area contributed by atoms with E-state index in [2.05, 4.69) is 0 Å². The van der Waals surface area contributed by atoms with Crippen molar-refractivity contribution in [3.63, 3.8) is 0 Å². The van der Waals surface area contributed by atoms with Gasteiger partial charge in [-0.1, -0.05) is 12.1 Å². The van der Waals surface area contributed by atoms with Crippen molar-refractivity contribution >= 4 is 23.8 Å². The number of nitrogens with zero attached hydrogens (tertiary/aromatic N) is 1. The molecule has 0 spiro atoms. The van der Waals surface area contributed by atoms with Crippen molar-refractivity contribution in [2.45, 2.75) is 0 Å². The Morgan fingerprint density at radius 1 is 1.20 bits per heavy atom. The van der Waals surface area contributed by atoms with Crippen LogP contribution in [-0.2, 0) is 14.4 Å². The summed E-state index contributed by atoms with van der Waals surface area (Å²) in [7, 11) is 0. The Hall–Kier alpha value is -2.23. The normalized spacial score (nSPS) is 17.6. The molecule has 4 nitrogen and oxygen atoms in total. The van der Waals surface area contributed by atoms with E-state index >= 15 is 0 Å². The van der Waals surface area contributed by atoms with Crippen LogP contribution >= 0.6 is 0 Å². The number of imide groups is 1. The first-order valence-electron chi connectivity index (χ1n) is 5.52. The van der Waals surface area contributed by atoms with Gasteiger partial charge in [-0.3, -0.25) is 14.4 Å². The lowest BCUT2D eigenvalue weighted by molar-refractivity contribution is -0.119. The van der Waals surface area contributed by atoms with E-state index in [0.29, 0.717) is 4.90 Å². The molecule has 4 heteroatoms. The van der Waals surface area contributed by atoms with Crippen LogP contribution in [0.2, 0.25) is 0 Å². The van der Waals surface area contributed by atoms with E-state index in [1.54, 1.807) is 0 Å². The molecule has 1 aliphatic rings. The largest absolute Gasteiger partial charge is 0.285 e. The summed E-state index contributed by atoms with van der Waals surface area (Å²) in [5.41, 5.74) is -0.558. The summed E-state index contributed by atoms with van der Waals surface area (Å²) in [6, 6.07) is -0.321. The van der Waals surface area contributed by atoms with E-state index in [-0.39, 0.29) is 17.3 Å². The lowest BCUT2D eigenvalue weighted by Crippen LogP contribution is -2.30. The zero-order valence-electron chi connectivity index (χ0n) is 10.4. The molecule has 0 saturated heterocycles. The molecule has 2 rings (SSSR count). The maximum atomic E-state index is 11.5. The van der Waals surface area contributed by atoms with Gasteiger partial charge in [-0.15, -0.1) is 0 Å². The molecule has 1 aromatic rings. The summed E-state index contributed by atoms with van der Waals surface area (Å²) >= 11 is 0. The van der Waals surface area contributed by atoms with Gasteiger partial charge in [-0.2, -0.15) is 0 Å². The molecule has 73 valence electrons. The van der Waals surface area contributed by atoms with E-state index in [9.17, 15) is 14.4 Å². The van der Waals surface area contributed by atoms with Crippen molar-refractivity contribution in [3.05, 3.63) is 41.9 Å². The summed E-state index contributed by atoms with van der Waals surface area (Å²) in [5, 5.41) is 0. The lowest BCUT2D eigenvalue weighted by atomic mass is 10.2. The summed E-state index contributed by atoms with van der Waals surface area (Å²) in [6.07, 6.45) is 3.49. The Morgan fingerprint density at radius 3 is 2.47 bits per heavy atom. The van der Waals surface area contributed by atoms with Crippen LogP contribution in [0, 0.1) is 0 Å². The third kappa shape index (κ3) is 1.46. The summed E-state index contributed by atoms with van der Waals surface area (Å²) in [5.74, 6) is -1.38. The Balaban J connectivity index is 2.71. The summed E-state index contributed by atoms with van der Waals surface area (Å²) in [6.45, 7) is 0. The average Bonchev–Trinajstić information content (AvgIpc) is 2.66. The lowest BCUT2D eigenvalue weighted by Gasteiger charge is -2.14. The topological polar surface area (TPSA) is 54.5 Å². The fourth-order valence-corrected chi connectivity index (χ4v) is 1.21. The molecule has 15 heavy (non-hydrogen) atoms. The van der Waals surface area contributed by atoms with Crippen molar-refractivity contribution in [1.82, 2.24) is 0 Å². The molecule has 1 aromatic carbocycles. The smallest absolute Gasteiger partial charge is 0.258 e. The SMILES string of the molecule is [3H]c1cc([C]=O)c(N2C(=O)C=CC2=O)c([3H])c1[3H]. The summed E-state index contributed by atoms with van der Waals surface area (Å²) in [4.78, 5) is 34.4. The van der Waals surface area contributed by atoms with Crippen LogP contribution in [-0.4, -0.2) is 18.1 Å². The molecule has 0 aliphatic carbocycles. The second-order valence-electron chi connectivity index (χ2n) is 2.75. The molecule has 2 amide bonds. The first kappa shape index (κ1) is 6.29. The predicted molar refractivity (Wildman–Crippen MR) is 52.9 cm³/mol. The molecular formula is C11H6NO3. The molecular weight excluding hydrogens is 194 g/mol. The van der Waals surface area contributed by atoms with Crippen LogP contribution in [0.25, 0.3) is 0 Å². The Morgan fingerprint density at radius 2 is 1.87 bits per heavy atom. The Kier molecular flexibility index (Phi) is 1.46. The zero-order chi connectivity index (χ0) is 13.4. The van der Waals surface area contributed by atoms with E-state index in [0.717, 1.165) is 18.2 Å². The minimum absolute atomic E-state index is 0.258. The first-order chi connectivity index (χ1) is 8.47. The highest BCUT2D eigenvalue weighted by Gasteiger charge is 2.26. The van der Waals surface area contributed by atoms with E-state index in [1.807, 2.05) is 0 Å². The Bertz CT molecular complexity index is 592. The highest BCUT2D eigenvalue weighted by Crippen LogP contribution is 2.21. The molecule has 0 N–H and O–H groups in total. The highest BCUT2D eigenvalue weighted by molar-refractivity contribution is 6.29. The molecule has 0 aromatic heterocycles. The van der Waals surface area contributed by atoms with Crippen molar-refractivity contribution in [2.24, 2.45) is 0 Å². The fourth-order valence-electron chi connectivity index (χ4n) is 1.21. The van der Waals surface area contributed by atoms with Gasteiger partial charge in [0.05, 0.1) is 15.4 Å². The van der Waals surface area contributed by atoms with Gasteiger partial charge in [0.25, 0.3) is 11.8 Å². The molecule has 0 saturated carbocycles. The number of rotatable bonds is 2. The third-order valence-electron chi connectivity index (χ3n) is 1.87. The number of para-hydroxylation sites is 1. The van der Waals surface area contributed by atoms with Gasteiger partial charge < -0.3 is 0 Å². The maximum absolute atomic E-state index is 11.5. The zero-order valence-corrected chi connectivity index (χ0v) is 7.40. The van der Waals surface area contributed by atoms with Crippen LogP contribution in [0.1, 0.15) is 9.68 Å². The standard InChI is InChI=1S/C11H6NO3/c13-7-8-3-1-2-4-9(8)12-10(14)5-6-11(12)15/h1-6H/i1T,2T,4T. The molecule has 0 bridgehead atoms. The van der Waals surface area contributed by atoms with Crippen LogP contribution in [0.4, 0.5) is 5.69 Å². The van der Waals surface area contributed by atoms with Crippen LogP contribution in [0.3, 0.4) is 0 Å². The Labute approximate surface area is 90.0 Å². The van der Waals surface area contributed by atoms with Gasteiger partial charge in [0.15, 0.2) is 0 Å². The van der Waals surface area contributed by atoms with E-state index in [1.165, 1.54) is 6.29 Å². The van der Waals surface area contributed by atoms with Gasteiger partial charge in [0.1, 0.15) is 0 Å². The van der Waals surface area contributed by atoms with Crippen LogP contribution in [0.15, 0.2) is 36.3 Å². The van der Waals surface area contributed by atoms with Crippen molar-refractivity contribution in [1.29, 1.82) is 0 Å². The number of carbonyl (C=O) groups is 2. The second-order valence-corrected chi connectivity index (χ2v) is 2.75. The molecule has 0 unspecified atom stereocenters. The number of benzene rings is 1. The number of amides is 2. The van der Waals surface area contributed by atoms with E-state index < -0.39 is 23.9 Å². The van der Waals surface area contributed by atoms with Gasteiger partial charge in [-0.05, 0) is 12.1 Å². The van der Waals surface area contributed by atoms with Crippen LogP contribution < -0.4 is 4.90 Å². The van der Waals surface area contributed by atoms with Gasteiger partial charge in [-0.25, -0.2) is 4.90 Å². The number of hydrogen-bond donors (Lipinski definition) is 0. The minimum atomic E-state index is -0.692. The first-order valence-corrected chi connectivity index (χ1v) is 4.02. The van der Waals surface area contributed by atoms with Crippen molar-refractivity contribution < 1.29 is 18.5 Å². The van der Waals surface area contributed by atoms with E-state index in [4.69, 9.17) is 4.11 Å². The number of carbonyl (C=O) groups excluding carboxylic acids is 3. The highest BCUT2D eigenvalue weighted by atomic mass is 16.2. The fraction of sp³-hybridized carbons (Fsp3) is 0. The van der Waals surface area contributed by atoms with Crippen LogP contribution in [0.5, 0.6) is 0 Å². The predicted octanol–water partition coefficient (Wildman–Crippen LogP) is 0.574. The van der Waals surface area contributed by atoms with Gasteiger partial charge in [0.2, 0.25) is 6.29 Å². The second kappa shape index (κ2) is 3.49. The maximum Gasteiger partial charge on any atom is 0.258 e. The van der Waals surface area contributed by atoms with Crippen molar-refractivity contribution in [3.8, 4) is 0 Å². The van der Waals surface area contributed by atoms with Crippen molar-refractivity contribution in [2.75, 3.05) is 4.90 Å². The van der Waals surface area contributed by atoms with Gasteiger partial charge in [0, 0.05) is 12.2 Å². The molecule has 0 fully saturated rings. The van der Waals surface area contributed by atoms with Gasteiger partial charge >= 0.3 is 0 Å². The molecule has 1 heterocycles. The minimum Gasteiger partial charge on any atom is -0.285 e. The number of hydrogen-bond acceptors (Lipinski definition) is 3. The average molecular weight is 206 g/mol. The molecule has 0 atom stereocenters. The monoisotopic (exact) mass is 206 g/mol. The quantitative estimate of drug-likeness (QED) is 0.665. The molecule has 1 radical (unpaired) electrons. The summed E-state index contributed by atoms with van der Waals surface area (Å²) < 4.78 is 22.5. The molecule has 1 aliphatic heterocycles. The third-order valence-corrected chi connectivity index (χ3v) is 1.87.